The second-order valence-electron chi connectivity index (χ2n) is 2.54. The number of carbonyl (C=O) groups is 1. The van der Waals surface area contributed by atoms with Crippen LogP contribution in [0.25, 0.3) is 0 Å². The third-order valence-electron chi connectivity index (χ3n) is 1.45. The maximum atomic E-state index is 11.1. The fraction of sp³-hybridized carbons (Fsp3) is 0.182. The highest BCUT2D eigenvalue weighted by Crippen LogP contribution is 2.08. The molecule has 1 aromatic carbocycles. The Morgan fingerprint density at radius 2 is 2.08 bits per heavy atom. The van der Waals surface area contributed by atoms with Crippen LogP contribution in [0.5, 0.6) is 5.75 Å². The molecule has 0 saturated heterocycles. The number of esters is 1. The Morgan fingerprint density at radius 1 is 1.38 bits per heavy atom. The number of hydrogen-bond acceptors (Lipinski definition) is 2. The van der Waals surface area contributed by atoms with Crippen LogP contribution in [-0.4, -0.2) is 5.97 Å². The maximum absolute atomic E-state index is 11.1. The predicted octanol–water partition coefficient (Wildman–Crippen LogP) is 2.56. The summed E-state index contributed by atoms with van der Waals surface area (Å²) in [4.78, 5) is 11.1. The second kappa shape index (κ2) is 5.14. The van der Waals surface area contributed by atoms with Crippen LogP contribution in [0.15, 0.2) is 42.5 Å². The molecular weight excluding hydrogens is 164 g/mol. The highest BCUT2D eigenvalue weighted by atomic mass is 16.5. The van der Waals surface area contributed by atoms with Gasteiger partial charge in [0.15, 0.2) is 0 Å². The van der Waals surface area contributed by atoms with Gasteiger partial charge in [0.25, 0.3) is 0 Å². The number of para-hydroxylation sites is 1. The van der Waals surface area contributed by atoms with Gasteiger partial charge in [-0.05, 0) is 18.6 Å². The van der Waals surface area contributed by atoms with Crippen molar-refractivity contribution in [2.45, 2.75) is 13.3 Å². The van der Waals surface area contributed by atoms with E-state index in [-0.39, 0.29) is 5.97 Å². The Balaban J connectivity index is 2.50. The van der Waals surface area contributed by atoms with Crippen molar-refractivity contribution in [2.75, 3.05) is 0 Å². The summed E-state index contributed by atoms with van der Waals surface area (Å²) in [5, 5.41) is 0. The van der Waals surface area contributed by atoms with E-state index in [0.29, 0.717) is 5.75 Å². The molecule has 13 heavy (non-hydrogen) atoms. The molecule has 1 aromatic rings. The molecule has 0 aromatic heterocycles. The molecule has 0 unspecified atom stereocenters. The SMILES string of the molecule is CCC=CC(=O)Oc1ccccc1. The smallest absolute Gasteiger partial charge is 0.335 e. The lowest BCUT2D eigenvalue weighted by Gasteiger charge is -1.98. The van der Waals surface area contributed by atoms with Crippen molar-refractivity contribution in [1.29, 1.82) is 0 Å². The summed E-state index contributed by atoms with van der Waals surface area (Å²) >= 11 is 0. The average Bonchev–Trinajstić information content (AvgIpc) is 2.16. The van der Waals surface area contributed by atoms with Gasteiger partial charge in [-0.1, -0.05) is 31.2 Å². The zero-order valence-corrected chi connectivity index (χ0v) is 7.57. The standard InChI is InChI=1S/C11H12O2/c1-2-3-9-11(12)13-10-7-5-4-6-8-10/h3-9H,2H2,1H3. The zero-order valence-electron chi connectivity index (χ0n) is 7.57. The van der Waals surface area contributed by atoms with Crippen LogP contribution in [0, 0.1) is 0 Å². The van der Waals surface area contributed by atoms with Crippen LogP contribution in [0.3, 0.4) is 0 Å². The first-order valence-corrected chi connectivity index (χ1v) is 4.26. The molecule has 0 atom stereocenters. The minimum absolute atomic E-state index is 0.326. The summed E-state index contributed by atoms with van der Waals surface area (Å²) in [6.45, 7) is 1.96. The van der Waals surface area contributed by atoms with Crippen LogP contribution in [-0.2, 0) is 4.79 Å². The molecular formula is C11H12O2. The number of benzene rings is 1. The van der Waals surface area contributed by atoms with E-state index in [4.69, 9.17) is 4.74 Å². The Hall–Kier alpha value is -1.57. The molecule has 0 saturated carbocycles. The molecule has 0 aliphatic rings. The van der Waals surface area contributed by atoms with Crippen molar-refractivity contribution in [1.82, 2.24) is 0 Å². The lowest BCUT2D eigenvalue weighted by Crippen LogP contribution is -2.03. The minimum Gasteiger partial charge on any atom is -0.423 e. The lowest BCUT2D eigenvalue weighted by atomic mass is 10.3. The number of allylic oxidation sites excluding steroid dienone is 1. The van der Waals surface area contributed by atoms with Crippen molar-refractivity contribution in [2.24, 2.45) is 0 Å². The van der Waals surface area contributed by atoms with Gasteiger partial charge in [-0.15, -0.1) is 0 Å². The molecule has 1 rings (SSSR count). The van der Waals surface area contributed by atoms with E-state index in [2.05, 4.69) is 0 Å². The number of carbonyl (C=O) groups excluding carboxylic acids is 1. The van der Waals surface area contributed by atoms with E-state index in [1.165, 1.54) is 6.08 Å². The average molecular weight is 176 g/mol. The van der Waals surface area contributed by atoms with Gasteiger partial charge in [0.2, 0.25) is 0 Å². The molecule has 68 valence electrons. The normalized spacial score (nSPS) is 10.2. The largest absolute Gasteiger partial charge is 0.423 e. The molecule has 0 amide bonds. The summed E-state index contributed by atoms with van der Waals surface area (Å²) in [5.74, 6) is 0.251. The van der Waals surface area contributed by atoms with Gasteiger partial charge >= 0.3 is 5.97 Å². The molecule has 0 heterocycles. The third-order valence-corrected chi connectivity index (χ3v) is 1.45. The van der Waals surface area contributed by atoms with Crippen LogP contribution in [0.1, 0.15) is 13.3 Å². The van der Waals surface area contributed by atoms with Crippen LogP contribution in [0.2, 0.25) is 0 Å². The van der Waals surface area contributed by atoms with Gasteiger partial charge < -0.3 is 4.74 Å². The first kappa shape index (κ1) is 9.52. The molecule has 0 bridgehead atoms. The zero-order chi connectivity index (χ0) is 9.52. The van der Waals surface area contributed by atoms with E-state index in [1.807, 2.05) is 25.1 Å². The Kier molecular flexibility index (Phi) is 3.76. The van der Waals surface area contributed by atoms with Crippen LogP contribution >= 0.6 is 0 Å². The number of ether oxygens (including phenoxy) is 1. The van der Waals surface area contributed by atoms with Gasteiger partial charge in [0.1, 0.15) is 5.75 Å². The molecule has 0 radical (unpaired) electrons. The highest BCUT2D eigenvalue weighted by Gasteiger charge is 1.97. The Bertz CT molecular complexity index is 288. The number of rotatable bonds is 3. The molecule has 0 spiro atoms. The van der Waals surface area contributed by atoms with Crippen molar-refractivity contribution in [3.8, 4) is 5.75 Å². The summed E-state index contributed by atoms with van der Waals surface area (Å²) in [5.41, 5.74) is 0. The lowest BCUT2D eigenvalue weighted by molar-refractivity contribution is -0.129. The number of hydrogen-bond donors (Lipinski definition) is 0. The summed E-state index contributed by atoms with van der Waals surface area (Å²) in [6, 6.07) is 9.02. The molecule has 0 aliphatic heterocycles. The van der Waals surface area contributed by atoms with E-state index >= 15 is 0 Å². The fourth-order valence-electron chi connectivity index (χ4n) is 0.853. The van der Waals surface area contributed by atoms with Gasteiger partial charge in [0, 0.05) is 6.08 Å². The van der Waals surface area contributed by atoms with Crippen LogP contribution < -0.4 is 4.74 Å². The fourth-order valence-corrected chi connectivity index (χ4v) is 0.853. The molecule has 2 heteroatoms. The minimum atomic E-state index is -0.326. The summed E-state index contributed by atoms with van der Waals surface area (Å²) < 4.78 is 4.99. The van der Waals surface area contributed by atoms with E-state index in [0.717, 1.165) is 6.42 Å². The van der Waals surface area contributed by atoms with Crippen molar-refractivity contribution >= 4 is 5.97 Å². The molecule has 0 N–H and O–H groups in total. The maximum Gasteiger partial charge on any atom is 0.335 e. The van der Waals surface area contributed by atoms with E-state index in [9.17, 15) is 4.79 Å². The first-order valence-electron chi connectivity index (χ1n) is 4.26. The van der Waals surface area contributed by atoms with E-state index < -0.39 is 0 Å². The first-order chi connectivity index (χ1) is 6.33. The topological polar surface area (TPSA) is 26.3 Å². The highest BCUT2D eigenvalue weighted by molar-refractivity contribution is 5.83. The van der Waals surface area contributed by atoms with Crippen LogP contribution in [0.4, 0.5) is 0 Å². The van der Waals surface area contributed by atoms with Gasteiger partial charge in [-0.3, -0.25) is 0 Å². The van der Waals surface area contributed by atoms with Gasteiger partial charge in [-0.25, -0.2) is 4.79 Å². The quantitative estimate of drug-likeness (QED) is 0.402. The monoisotopic (exact) mass is 176 g/mol. The van der Waals surface area contributed by atoms with Crippen molar-refractivity contribution < 1.29 is 9.53 Å². The van der Waals surface area contributed by atoms with Gasteiger partial charge in [-0.2, -0.15) is 0 Å². The van der Waals surface area contributed by atoms with E-state index in [1.54, 1.807) is 18.2 Å². The molecule has 2 nitrogen and oxygen atoms in total. The summed E-state index contributed by atoms with van der Waals surface area (Å²) in [7, 11) is 0. The Labute approximate surface area is 77.8 Å². The summed E-state index contributed by atoms with van der Waals surface area (Å²) in [6.07, 6.45) is 4.04. The molecule has 0 fully saturated rings. The second-order valence-corrected chi connectivity index (χ2v) is 2.54. The predicted molar refractivity (Wildman–Crippen MR) is 51.5 cm³/mol. The third kappa shape index (κ3) is 3.56. The molecule has 0 aliphatic carbocycles. The van der Waals surface area contributed by atoms with Gasteiger partial charge in [0.05, 0.1) is 0 Å². The van der Waals surface area contributed by atoms with Crippen molar-refractivity contribution in [3.63, 3.8) is 0 Å². The Morgan fingerprint density at radius 3 is 2.69 bits per heavy atom. The van der Waals surface area contributed by atoms with Crippen molar-refractivity contribution in [3.05, 3.63) is 42.5 Å².